The van der Waals surface area contributed by atoms with E-state index < -0.39 is 11.8 Å². The number of hydrogen-bond donors (Lipinski definition) is 1. The summed E-state index contributed by atoms with van der Waals surface area (Å²) in [5.41, 5.74) is 0.313. The monoisotopic (exact) mass is 210 g/mol. The largest absolute Gasteiger partial charge is 0.481 e. The third kappa shape index (κ3) is 3.89. The molecule has 0 bridgehead atoms. The number of ketones is 1. The van der Waals surface area contributed by atoms with Crippen LogP contribution in [0.5, 0.6) is 0 Å². The molecule has 0 saturated heterocycles. The van der Waals surface area contributed by atoms with Gasteiger partial charge >= 0.3 is 5.97 Å². The molecule has 0 amide bonds. The molecule has 0 aromatic heterocycles. The molecule has 0 aliphatic rings. The Hall–Kier alpha value is -1.71. The van der Waals surface area contributed by atoms with Crippen molar-refractivity contribution in [3.63, 3.8) is 0 Å². The van der Waals surface area contributed by atoms with Gasteiger partial charge in [-0.15, -0.1) is 0 Å². The first-order valence-electron chi connectivity index (χ1n) is 4.56. The molecular formula is C11H11FO3. The third-order valence-electron chi connectivity index (χ3n) is 1.96. The number of carbonyl (C=O) groups is 2. The van der Waals surface area contributed by atoms with Crippen molar-refractivity contribution in [1.82, 2.24) is 0 Å². The van der Waals surface area contributed by atoms with E-state index in [2.05, 4.69) is 0 Å². The second-order valence-electron chi connectivity index (χ2n) is 3.20. The lowest BCUT2D eigenvalue weighted by molar-refractivity contribution is -0.138. The number of carboxylic acid groups (broad SMARTS) is 1. The Morgan fingerprint density at radius 2 is 1.87 bits per heavy atom. The predicted octanol–water partition coefficient (Wildman–Crippen LogP) is 1.80. The van der Waals surface area contributed by atoms with E-state index in [1.807, 2.05) is 0 Å². The molecule has 0 saturated carbocycles. The minimum absolute atomic E-state index is 0.0417. The molecule has 0 aliphatic heterocycles. The average Bonchev–Trinajstić information content (AvgIpc) is 2.18. The highest BCUT2D eigenvalue weighted by molar-refractivity contribution is 5.84. The number of aliphatic carboxylic acids is 1. The zero-order chi connectivity index (χ0) is 11.3. The van der Waals surface area contributed by atoms with Crippen LogP contribution in [0.3, 0.4) is 0 Å². The van der Waals surface area contributed by atoms with Gasteiger partial charge in [0, 0.05) is 12.8 Å². The highest BCUT2D eigenvalue weighted by atomic mass is 19.1. The van der Waals surface area contributed by atoms with Crippen LogP contribution in [0, 0.1) is 5.82 Å². The molecule has 3 nitrogen and oxygen atoms in total. The fraction of sp³-hybridized carbons (Fsp3) is 0.273. The van der Waals surface area contributed by atoms with Crippen LogP contribution in [-0.4, -0.2) is 16.9 Å². The zero-order valence-corrected chi connectivity index (χ0v) is 8.07. The smallest absolute Gasteiger partial charge is 0.303 e. The maximum atomic E-state index is 13.1. The van der Waals surface area contributed by atoms with Gasteiger partial charge in [-0.25, -0.2) is 4.39 Å². The van der Waals surface area contributed by atoms with Crippen molar-refractivity contribution in [2.45, 2.75) is 19.3 Å². The summed E-state index contributed by atoms with van der Waals surface area (Å²) in [5, 5.41) is 8.36. The highest BCUT2D eigenvalue weighted by Crippen LogP contribution is 2.08. The first-order chi connectivity index (χ1) is 7.09. The van der Waals surface area contributed by atoms with Crippen LogP contribution in [-0.2, 0) is 16.0 Å². The zero-order valence-electron chi connectivity index (χ0n) is 8.07. The van der Waals surface area contributed by atoms with E-state index in [9.17, 15) is 14.0 Å². The molecule has 0 unspecified atom stereocenters. The van der Waals surface area contributed by atoms with Gasteiger partial charge in [0.1, 0.15) is 11.6 Å². The van der Waals surface area contributed by atoms with Gasteiger partial charge in [0.15, 0.2) is 0 Å². The summed E-state index contributed by atoms with van der Waals surface area (Å²) in [4.78, 5) is 21.4. The van der Waals surface area contributed by atoms with Gasteiger partial charge in [0.25, 0.3) is 0 Å². The van der Waals surface area contributed by atoms with Crippen LogP contribution in [0.4, 0.5) is 4.39 Å². The molecule has 1 rings (SSSR count). The lowest BCUT2D eigenvalue weighted by atomic mass is 10.1. The Morgan fingerprint density at radius 1 is 1.20 bits per heavy atom. The van der Waals surface area contributed by atoms with Gasteiger partial charge in [0.2, 0.25) is 0 Å². The number of carboxylic acids is 1. The molecule has 1 N–H and O–H groups in total. The first-order valence-corrected chi connectivity index (χ1v) is 4.56. The topological polar surface area (TPSA) is 54.4 Å². The van der Waals surface area contributed by atoms with Crippen molar-refractivity contribution >= 4 is 11.8 Å². The minimum Gasteiger partial charge on any atom is -0.481 e. The van der Waals surface area contributed by atoms with Gasteiger partial charge in [0.05, 0.1) is 6.42 Å². The van der Waals surface area contributed by atoms with E-state index >= 15 is 0 Å². The Balaban J connectivity index is 2.52. The van der Waals surface area contributed by atoms with E-state index in [4.69, 9.17) is 5.11 Å². The van der Waals surface area contributed by atoms with Crippen LogP contribution >= 0.6 is 0 Å². The van der Waals surface area contributed by atoms with Crippen molar-refractivity contribution in [3.8, 4) is 0 Å². The Kier molecular flexibility index (Phi) is 3.97. The molecule has 1 aromatic rings. The lowest BCUT2D eigenvalue weighted by Gasteiger charge is -2.01. The van der Waals surface area contributed by atoms with Gasteiger partial charge in [-0.3, -0.25) is 9.59 Å². The van der Waals surface area contributed by atoms with E-state index in [1.165, 1.54) is 12.1 Å². The van der Waals surface area contributed by atoms with Crippen LogP contribution < -0.4 is 0 Å². The fourth-order valence-corrected chi connectivity index (χ4v) is 1.19. The Bertz CT molecular complexity index is 374. The quantitative estimate of drug-likeness (QED) is 0.806. The van der Waals surface area contributed by atoms with Crippen LogP contribution in [0.25, 0.3) is 0 Å². The Morgan fingerprint density at radius 3 is 2.47 bits per heavy atom. The molecule has 1 aromatic carbocycles. The average molecular weight is 210 g/mol. The molecule has 80 valence electrons. The predicted molar refractivity (Wildman–Crippen MR) is 52.0 cm³/mol. The first kappa shape index (κ1) is 11.4. The number of benzene rings is 1. The fourth-order valence-electron chi connectivity index (χ4n) is 1.19. The Labute approximate surface area is 86.5 Å². The maximum absolute atomic E-state index is 13.1. The van der Waals surface area contributed by atoms with Gasteiger partial charge in [-0.2, -0.15) is 0 Å². The second-order valence-corrected chi connectivity index (χ2v) is 3.20. The molecule has 4 heteroatoms. The van der Waals surface area contributed by atoms with Gasteiger partial charge < -0.3 is 5.11 Å². The maximum Gasteiger partial charge on any atom is 0.303 e. The molecule has 0 heterocycles. The number of halogens is 1. The highest BCUT2D eigenvalue weighted by Gasteiger charge is 2.09. The third-order valence-corrected chi connectivity index (χ3v) is 1.96. The summed E-state index contributed by atoms with van der Waals surface area (Å²) in [7, 11) is 0. The van der Waals surface area contributed by atoms with Crippen molar-refractivity contribution in [3.05, 3.63) is 35.6 Å². The van der Waals surface area contributed by atoms with E-state index in [0.29, 0.717) is 5.56 Å². The summed E-state index contributed by atoms with van der Waals surface area (Å²) in [6.45, 7) is 0. The van der Waals surface area contributed by atoms with Gasteiger partial charge in [-0.05, 0) is 11.6 Å². The summed E-state index contributed by atoms with van der Waals surface area (Å²) < 4.78 is 13.1. The molecule has 15 heavy (non-hydrogen) atoms. The number of Topliss-reactive ketones (excluding diaryl/α,β-unsaturated/α-hetero) is 1. The van der Waals surface area contributed by atoms with Crippen molar-refractivity contribution in [2.24, 2.45) is 0 Å². The molecule has 0 fully saturated rings. The van der Waals surface area contributed by atoms with Crippen molar-refractivity contribution < 1.29 is 19.1 Å². The van der Waals surface area contributed by atoms with E-state index in [-0.39, 0.29) is 25.0 Å². The summed E-state index contributed by atoms with van der Waals surface area (Å²) in [6.07, 6.45) is -0.295. The van der Waals surface area contributed by atoms with Crippen molar-refractivity contribution in [1.29, 1.82) is 0 Å². The number of hydrogen-bond acceptors (Lipinski definition) is 2. The standard InChI is InChI=1S/C11H11FO3/c12-10-4-2-1-3-8(10)7-9(13)5-6-11(14)15/h1-4H,5-7H2,(H,14,15). The van der Waals surface area contributed by atoms with Crippen LogP contribution in [0.15, 0.2) is 24.3 Å². The summed E-state index contributed by atoms with van der Waals surface area (Å²) in [6, 6.07) is 5.98. The second kappa shape index (κ2) is 5.24. The van der Waals surface area contributed by atoms with E-state index in [0.717, 1.165) is 0 Å². The van der Waals surface area contributed by atoms with Crippen molar-refractivity contribution in [2.75, 3.05) is 0 Å². The number of rotatable bonds is 5. The minimum atomic E-state index is -1.02. The SMILES string of the molecule is O=C(O)CCC(=O)Cc1ccccc1F. The molecule has 0 aliphatic carbocycles. The van der Waals surface area contributed by atoms with Crippen LogP contribution in [0.1, 0.15) is 18.4 Å². The normalized spacial score (nSPS) is 9.93. The summed E-state index contributed by atoms with van der Waals surface area (Å²) in [5.74, 6) is -1.71. The van der Waals surface area contributed by atoms with Crippen LogP contribution in [0.2, 0.25) is 0 Å². The molecule has 0 atom stereocenters. The van der Waals surface area contributed by atoms with Gasteiger partial charge in [-0.1, -0.05) is 18.2 Å². The molecular weight excluding hydrogens is 199 g/mol. The van der Waals surface area contributed by atoms with E-state index in [1.54, 1.807) is 12.1 Å². The molecule has 0 spiro atoms. The lowest BCUT2D eigenvalue weighted by Crippen LogP contribution is -2.07. The molecule has 0 radical (unpaired) electrons. The summed E-state index contributed by atoms with van der Waals surface area (Å²) >= 11 is 0. The number of carbonyl (C=O) groups excluding carboxylic acids is 1.